The molecule has 3 aromatic rings. The second-order valence-corrected chi connectivity index (χ2v) is 7.40. The van der Waals surface area contributed by atoms with E-state index in [0.29, 0.717) is 18.4 Å². The molecule has 2 atom stereocenters. The summed E-state index contributed by atoms with van der Waals surface area (Å²) in [6.45, 7) is 0. The Bertz CT molecular complexity index is 1010. The van der Waals surface area contributed by atoms with Crippen LogP contribution in [-0.2, 0) is 4.79 Å². The highest BCUT2D eigenvalue weighted by Gasteiger charge is 2.36. The first-order chi connectivity index (χ1) is 14.5. The number of nitrogens with zero attached hydrogens (tertiary/aromatic N) is 2. The molecule has 9 heteroatoms. The van der Waals surface area contributed by atoms with E-state index in [2.05, 4.69) is 25.7 Å². The molecule has 0 radical (unpaired) electrons. The summed E-state index contributed by atoms with van der Waals surface area (Å²) in [6, 6.07) is 8.99. The number of aromatic nitrogens is 4. The normalized spacial score (nSPS) is 19.0. The van der Waals surface area contributed by atoms with Crippen LogP contribution in [0.15, 0.2) is 42.7 Å². The van der Waals surface area contributed by atoms with Gasteiger partial charge in [-0.25, -0.2) is 8.78 Å². The summed E-state index contributed by atoms with van der Waals surface area (Å²) in [6.07, 6.45) is 2.82. The second-order valence-electron chi connectivity index (χ2n) is 7.40. The van der Waals surface area contributed by atoms with Crippen LogP contribution in [0, 0.1) is 11.8 Å². The summed E-state index contributed by atoms with van der Waals surface area (Å²) >= 11 is 0. The molecule has 3 N–H and O–H groups in total. The summed E-state index contributed by atoms with van der Waals surface area (Å²) in [5, 5.41) is 15.1. The number of H-pyrrole nitrogens is 2. The van der Waals surface area contributed by atoms with Crippen LogP contribution >= 0.6 is 0 Å². The average Bonchev–Trinajstić information content (AvgIpc) is 3.45. The number of halogens is 2. The number of nitrogens with one attached hydrogen (secondary N) is 3. The van der Waals surface area contributed by atoms with Gasteiger partial charge in [0.15, 0.2) is 5.78 Å². The van der Waals surface area contributed by atoms with Gasteiger partial charge in [0.2, 0.25) is 5.91 Å². The number of aromatic amines is 2. The second kappa shape index (κ2) is 8.56. The molecule has 7 nitrogen and oxygen atoms in total. The lowest BCUT2D eigenvalue weighted by atomic mass is 9.75. The van der Waals surface area contributed by atoms with Gasteiger partial charge in [0.05, 0.1) is 17.6 Å². The van der Waals surface area contributed by atoms with Crippen molar-refractivity contribution in [3.05, 3.63) is 54.0 Å². The Morgan fingerprint density at radius 1 is 1.00 bits per heavy atom. The van der Waals surface area contributed by atoms with Gasteiger partial charge in [-0.15, -0.1) is 0 Å². The molecule has 2 aromatic heterocycles. The van der Waals surface area contributed by atoms with E-state index in [0.717, 1.165) is 30.3 Å². The molecule has 1 amide bonds. The van der Waals surface area contributed by atoms with E-state index in [-0.39, 0.29) is 11.5 Å². The Morgan fingerprint density at radius 3 is 2.40 bits per heavy atom. The zero-order valence-electron chi connectivity index (χ0n) is 16.1. The fourth-order valence-electron chi connectivity index (χ4n) is 3.99. The van der Waals surface area contributed by atoms with Crippen molar-refractivity contribution in [1.29, 1.82) is 0 Å². The minimum atomic E-state index is -2.78. The number of Topliss-reactive ketones (excluding diaryl/α,β-unsaturated/α-hetero) is 1. The Balaban J connectivity index is 1.50. The minimum Gasteiger partial charge on any atom is -0.323 e. The van der Waals surface area contributed by atoms with Crippen molar-refractivity contribution < 1.29 is 18.4 Å². The zero-order valence-corrected chi connectivity index (χ0v) is 16.1. The van der Waals surface area contributed by atoms with Crippen LogP contribution < -0.4 is 5.32 Å². The number of alkyl halides is 2. The minimum absolute atomic E-state index is 0.0457. The van der Waals surface area contributed by atoms with E-state index in [1.54, 1.807) is 18.3 Å². The number of amides is 1. The van der Waals surface area contributed by atoms with Gasteiger partial charge in [0, 0.05) is 23.6 Å². The first-order valence-electron chi connectivity index (χ1n) is 9.81. The Morgan fingerprint density at radius 2 is 1.73 bits per heavy atom. The molecule has 1 saturated carbocycles. The maximum atomic E-state index is 13.2. The average molecular weight is 413 g/mol. The molecular formula is C21H21F2N5O2. The molecule has 2 heterocycles. The number of hydrogen-bond donors (Lipinski definition) is 3. The molecule has 0 spiro atoms. The third-order valence-electron chi connectivity index (χ3n) is 5.57. The third kappa shape index (κ3) is 4.00. The lowest BCUT2D eigenvalue weighted by Crippen LogP contribution is -2.36. The predicted octanol–water partition coefficient (Wildman–Crippen LogP) is 4.37. The van der Waals surface area contributed by atoms with E-state index in [4.69, 9.17) is 0 Å². The van der Waals surface area contributed by atoms with Crippen LogP contribution in [0.2, 0.25) is 0 Å². The van der Waals surface area contributed by atoms with E-state index in [1.165, 1.54) is 0 Å². The van der Waals surface area contributed by atoms with Gasteiger partial charge in [-0.2, -0.15) is 10.2 Å². The van der Waals surface area contributed by atoms with E-state index < -0.39 is 29.9 Å². The van der Waals surface area contributed by atoms with Gasteiger partial charge < -0.3 is 5.32 Å². The van der Waals surface area contributed by atoms with Crippen LogP contribution in [0.25, 0.3) is 11.3 Å². The number of benzene rings is 1. The Labute approximate surface area is 171 Å². The molecule has 2 unspecified atom stereocenters. The molecule has 1 fully saturated rings. The van der Waals surface area contributed by atoms with Crippen molar-refractivity contribution in [3.8, 4) is 11.3 Å². The number of hydrogen-bond acceptors (Lipinski definition) is 4. The van der Waals surface area contributed by atoms with Crippen LogP contribution in [0.4, 0.5) is 14.5 Å². The standard InChI is InChI=1S/C21H21F2N5O2/c22-20(23)18-17(11-25-28-18)26-21(30)15-4-2-1-3-14(15)19(29)13-7-5-12(6-8-13)16-9-10-24-27-16/h5-11,14-15,20H,1-4H2,(H,24,27)(H,25,28)(H,26,30). The molecule has 0 aliphatic heterocycles. The first-order valence-corrected chi connectivity index (χ1v) is 9.81. The zero-order chi connectivity index (χ0) is 21.1. The highest BCUT2D eigenvalue weighted by atomic mass is 19.3. The van der Waals surface area contributed by atoms with Gasteiger partial charge >= 0.3 is 0 Å². The largest absolute Gasteiger partial charge is 0.323 e. The quantitative estimate of drug-likeness (QED) is 0.522. The van der Waals surface area contributed by atoms with Crippen LogP contribution in [0.3, 0.4) is 0 Å². The summed E-state index contributed by atoms with van der Waals surface area (Å²) in [4.78, 5) is 26.0. The van der Waals surface area contributed by atoms with E-state index >= 15 is 0 Å². The molecular weight excluding hydrogens is 392 g/mol. The number of anilines is 1. The van der Waals surface area contributed by atoms with Crippen LogP contribution in [0.5, 0.6) is 0 Å². The Hall–Kier alpha value is -3.36. The summed E-state index contributed by atoms with van der Waals surface area (Å²) in [7, 11) is 0. The lowest BCUT2D eigenvalue weighted by Gasteiger charge is -2.29. The maximum absolute atomic E-state index is 13.2. The molecule has 1 aliphatic rings. The smallest absolute Gasteiger partial charge is 0.281 e. The highest BCUT2D eigenvalue weighted by Crippen LogP contribution is 2.34. The number of carbonyl (C=O) groups is 2. The fraction of sp³-hybridized carbons (Fsp3) is 0.333. The van der Waals surface area contributed by atoms with Crippen molar-refractivity contribution in [2.45, 2.75) is 32.1 Å². The first kappa shape index (κ1) is 19.9. The van der Waals surface area contributed by atoms with Gasteiger partial charge in [-0.1, -0.05) is 37.1 Å². The monoisotopic (exact) mass is 413 g/mol. The predicted molar refractivity (Wildman–Crippen MR) is 106 cm³/mol. The van der Waals surface area contributed by atoms with E-state index in [1.807, 2.05) is 18.2 Å². The third-order valence-corrected chi connectivity index (χ3v) is 5.57. The maximum Gasteiger partial charge on any atom is 0.281 e. The van der Waals surface area contributed by atoms with E-state index in [9.17, 15) is 18.4 Å². The topological polar surface area (TPSA) is 104 Å². The van der Waals surface area contributed by atoms with Crippen molar-refractivity contribution in [2.75, 3.05) is 5.32 Å². The highest BCUT2D eigenvalue weighted by molar-refractivity contribution is 6.03. The fourth-order valence-corrected chi connectivity index (χ4v) is 3.99. The van der Waals surface area contributed by atoms with Crippen molar-refractivity contribution in [3.63, 3.8) is 0 Å². The molecule has 156 valence electrons. The molecule has 1 aromatic carbocycles. The summed E-state index contributed by atoms with van der Waals surface area (Å²) in [5.74, 6) is -1.59. The molecule has 4 rings (SSSR count). The summed E-state index contributed by atoms with van der Waals surface area (Å²) in [5.41, 5.74) is 1.80. The SMILES string of the molecule is O=C(Nc1cn[nH]c1C(F)F)C1CCCCC1C(=O)c1ccc(-c2ccn[nH]2)cc1. The van der Waals surface area contributed by atoms with Crippen LogP contribution in [-0.4, -0.2) is 32.1 Å². The number of ketones is 1. The van der Waals surface area contributed by atoms with Crippen LogP contribution in [0.1, 0.15) is 48.2 Å². The van der Waals surface area contributed by atoms with Gasteiger partial charge in [-0.05, 0) is 24.5 Å². The van der Waals surface area contributed by atoms with Gasteiger partial charge in [-0.3, -0.25) is 19.8 Å². The number of carbonyl (C=O) groups excluding carboxylic acids is 2. The molecule has 0 bridgehead atoms. The number of rotatable bonds is 6. The van der Waals surface area contributed by atoms with Crippen molar-refractivity contribution >= 4 is 17.4 Å². The molecule has 0 saturated heterocycles. The lowest BCUT2D eigenvalue weighted by molar-refractivity contribution is -0.122. The molecule has 30 heavy (non-hydrogen) atoms. The van der Waals surface area contributed by atoms with Crippen molar-refractivity contribution in [1.82, 2.24) is 20.4 Å². The van der Waals surface area contributed by atoms with Crippen molar-refractivity contribution in [2.24, 2.45) is 11.8 Å². The Kier molecular flexibility index (Phi) is 5.69. The van der Waals surface area contributed by atoms with Gasteiger partial charge in [0.25, 0.3) is 6.43 Å². The molecule has 1 aliphatic carbocycles. The summed E-state index contributed by atoms with van der Waals surface area (Å²) < 4.78 is 26.1. The van der Waals surface area contributed by atoms with Gasteiger partial charge in [0.1, 0.15) is 5.69 Å².